The molecule has 2 fully saturated rings. The molecule has 1 saturated heterocycles. The van der Waals surface area contributed by atoms with Gasteiger partial charge < -0.3 is 9.47 Å². The number of esters is 1. The van der Waals surface area contributed by atoms with Gasteiger partial charge in [0.2, 0.25) is 0 Å². The minimum atomic E-state index is -1.04. The van der Waals surface area contributed by atoms with Crippen LogP contribution in [0.5, 0.6) is 0 Å². The Morgan fingerprint density at radius 2 is 1.96 bits per heavy atom. The highest BCUT2D eigenvalue weighted by Crippen LogP contribution is 2.53. The maximum Gasteiger partial charge on any atom is 0.338 e. The van der Waals surface area contributed by atoms with Gasteiger partial charge in [0.1, 0.15) is 6.10 Å². The molecule has 0 spiro atoms. The summed E-state index contributed by atoms with van der Waals surface area (Å²) in [6.07, 6.45) is 1.07. The van der Waals surface area contributed by atoms with E-state index in [-0.39, 0.29) is 28.8 Å². The second-order valence-corrected chi connectivity index (χ2v) is 9.27. The van der Waals surface area contributed by atoms with Gasteiger partial charge >= 0.3 is 5.97 Å². The predicted octanol–water partition coefficient (Wildman–Crippen LogP) is 3.17. The lowest BCUT2D eigenvalue weighted by molar-refractivity contribution is -0.183. The molecular weight excluding hydrogens is 312 g/mol. The fraction of sp³-hybridized carbons (Fsp3) is 0.611. The average Bonchev–Trinajstić information content (AvgIpc) is 2.98. The number of carbonyl (C=O) groups excluding carboxylic acids is 1. The lowest BCUT2D eigenvalue weighted by atomic mass is 9.59. The molecule has 4 unspecified atom stereocenters. The van der Waals surface area contributed by atoms with Gasteiger partial charge in [0.25, 0.3) is 0 Å². The van der Waals surface area contributed by atoms with E-state index < -0.39 is 10.8 Å². The zero-order chi connectivity index (χ0) is 16.8. The van der Waals surface area contributed by atoms with Gasteiger partial charge in [-0.15, -0.1) is 0 Å². The Morgan fingerprint density at radius 3 is 2.57 bits per heavy atom. The smallest absolute Gasteiger partial charge is 0.338 e. The van der Waals surface area contributed by atoms with E-state index in [1.54, 1.807) is 24.3 Å². The van der Waals surface area contributed by atoms with Crippen molar-refractivity contribution in [2.45, 2.75) is 56.5 Å². The molecule has 4 nitrogen and oxygen atoms in total. The molecular formula is C18H24O4S. The number of hydrogen-bond acceptors (Lipinski definition) is 4. The molecule has 0 N–H and O–H groups in total. The summed E-state index contributed by atoms with van der Waals surface area (Å²) in [7, 11) is -1.04. The van der Waals surface area contributed by atoms with Gasteiger partial charge in [0.15, 0.2) is 0 Å². The maximum atomic E-state index is 12.4. The van der Waals surface area contributed by atoms with Crippen LogP contribution in [0.2, 0.25) is 0 Å². The van der Waals surface area contributed by atoms with Crippen molar-refractivity contribution in [2.24, 2.45) is 11.3 Å². The third kappa shape index (κ3) is 2.85. The molecule has 2 aliphatic rings. The van der Waals surface area contributed by atoms with E-state index in [0.29, 0.717) is 11.5 Å². The average molecular weight is 336 g/mol. The number of hydrogen-bond donors (Lipinski definition) is 0. The Labute approximate surface area is 140 Å². The molecule has 3 rings (SSSR count). The molecule has 0 amide bonds. The molecule has 1 aromatic rings. The summed E-state index contributed by atoms with van der Waals surface area (Å²) in [4.78, 5) is 13.1. The molecule has 1 heterocycles. The number of fused-ring (bicyclic) bond motifs is 1. The van der Waals surface area contributed by atoms with Crippen molar-refractivity contribution in [3.8, 4) is 0 Å². The maximum absolute atomic E-state index is 12.4. The van der Waals surface area contributed by atoms with Crippen molar-refractivity contribution in [1.82, 2.24) is 0 Å². The first-order valence-electron chi connectivity index (χ1n) is 8.15. The van der Waals surface area contributed by atoms with Gasteiger partial charge in [-0.25, -0.2) is 4.79 Å². The predicted molar refractivity (Wildman–Crippen MR) is 88.8 cm³/mol. The first-order valence-corrected chi connectivity index (χ1v) is 9.37. The molecule has 1 saturated carbocycles. The topological polar surface area (TPSA) is 52.6 Å². The minimum absolute atomic E-state index is 0.0582. The quantitative estimate of drug-likeness (QED) is 0.793. The van der Waals surface area contributed by atoms with Crippen LogP contribution in [0, 0.1) is 11.3 Å². The number of ether oxygens (including phenoxy) is 2. The summed E-state index contributed by atoms with van der Waals surface area (Å²) in [5.41, 5.74) is 0.378. The Balaban J connectivity index is 1.68. The lowest BCUT2D eigenvalue weighted by Crippen LogP contribution is -2.61. The van der Waals surface area contributed by atoms with E-state index in [4.69, 9.17) is 9.47 Å². The molecule has 0 bridgehead atoms. The summed E-state index contributed by atoms with van der Waals surface area (Å²) >= 11 is 0. The first kappa shape index (κ1) is 16.7. The van der Waals surface area contributed by atoms with Crippen molar-refractivity contribution in [1.29, 1.82) is 0 Å². The van der Waals surface area contributed by atoms with Crippen LogP contribution in [-0.2, 0) is 20.3 Å². The van der Waals surface area contributed by atoms with Crippen LogP contribution in [-0.4, -0.2) is 34.2 Å². The molecule has 0 aromatic heterocycles. The summed E-state index contributed by atoms with van der Waals surface area (Å²) in [6, 6.07) is 6.90. The molecule has 5 heteroatoms. The summed E-state index contributed by atoms with van der Waals surface area (Å²) < 4.78 is 23.5. The second-order valence-electron chi connectivity index (χ2n) is 7.26. The van der Waals surface area contributed by atoms with Gasteiger partial charge in [0.05, 0.1) is 22.5 Å². The first-order chi connectivity index (χ1) is 10.8. The number of benzene rings is 1. The monoisotopic (exact) mass is 336 g/mol. The van der Waals surface area contributed by atoms with E-state index in [2.05, 4.69) is 13.8 Å². The fourth-order valence-electron chi connectivity index (χ4n) is 3.70. The Kier molecular flexibility index (Phi) is 4.36. The fourth-order valence-corrected chi connectivity index (χ4v) is 4.65. The SMILES string of the molecule is CC(C)S(=O)c1ccc(C(=O)OC2C3CCOC3C2(C)C)cc1. The van der Waals surface area contributed by atoms with Crippen LogP contribution in [0.3, 0.4) is 0 Å². The molecule has 126 valence electrons. The van der Waals surface area contributed by atoms with Crippen molar-refractivity contribution in [2.75, 3.05) is 6.61 Å². The van der Waals surface area contributed by atoms with Crippen molar-refractivity contribution >= 4 is 16.8 Å². The van der Waals surface area contributed by atoms with Gasteiger partial charge in [-0.3, -0.25) is 4.21 Å². The number of rotatable bonds is 4. The Bertz CT molecular complexity index is 620. The Hall–Kier alpha value is -1.20. The van der Waals surface area contributed by atoms with E-state index in [0.717, 1.165) is 17.9 Å². The van der Waals surface area contributed by atoms with Crippen molar-refractivity contribution in [3.05, 3.63) is 29.8 Å². The van der Waals surface area contributed by atoms with Gasteiger partial charge in [-0.05, 0) is 30.7 Å². The van der Waals surface area contributed by atoms with Crippen LogP contribution in [0.25, 0.3) is 0 Å². The lowest BCUT2D eigenvalue weighted by Gasteiger charge is -2.53. The zero-order valence-electron chi connectivity index (χ0n) is 14.1. The third-order valence-corrected chi connectivity index (χ3v) is 6.57. The highest BCUT2D eigenvalue weighted by Gasteiger charge is 2.61. The number of carbonyl (C=O) groups is 1. The largest absolute Gasteiger partial charge is 0.458 e. The Morgan fingerprint density at radius 1 is 1.30 bits per heavy atom. The molecule has 0 radical (unpaired) electrons. The van der Waals surface area contributed by atoms with Gasteiger partial charge in [-0.2, -0.15) is 0 Å². The van der Waals surface area contributed by atoms with Gasteiger partial charge in [-0.1, -0.05) is 27.7 Å². The molecule has 4 atom stereocenters. The molecule has 1 aromatic carbocycles. The summed E-state index contributed by atoms with van der Waals surface area (Å²) in [6.45, 7) is 8.76. The normalized spacial score (nSPS) is 29.7. The zero-order valence-corrected chi connectivity index (χ0v) is 14.9. The van der Waals surface area contributed by atoms with Crippen LogP contribution in [0.1, 0.15) is 44.5 Å². The molecule has 23 heavy (non-hydrogen) atoms. The van der Waals surface area contributed by atoms with Crippen molar-refractivity contribution in [3.63, 3.8) is 0 Å². The van der Waals surface area contributed by atoms with Gasteiger partial charge in [0, 0.05) is 28.1 Å². The van der Waals surface area contributed by atoms with E-state index in [1.165, 1.54) is 0 Å². The third-order valence-electron chi connectivity index (χ3n) is 4.98. The standard InChI is InChI=1S/C18H24O4S/c1-11(2)23(20)13-7-5-12(6-8-13)17(19)22-16-14-9-10-21-15(14)18(16,3)4/h5-8,11,14-16H,9-10H2,1-4H3. The van der Waals surface area contributed by atoms with E-state index in [1.807, 2.05) is 13.8 Å². The van der Waals surface area contributed by atoms with Crippen LogP contribution < -0.4 is 0 Å². The highest BCUT2D eigenvalue weighted by atomic mass is 32.2. The summed E-state index contributed by atoms with van der Waals surface area (Å²) in [5.74, 6) is 0.0111. The second kappa shape index (κ2) is 6.02. The van der Waals surface area contributed by atoms with E-state index in [9.17, 15) is 9.00 Å². The van der Waals surface area contributed by atoms with Crippen LogP contribution in [0.15, 0.2) is 29.2 Å². The summed E-state index contributed by atoms with van der Waals surface area (Å²) in [5, 5.41) is 0.0582. The highest BCUT2D eigenvalue weighted by molar-refractivity contribution is 7.85. The van der Waals surface area contributed by atoms with Crippen LogP contribution in [0.4, 0.5) is 0 Å². The van der Waals surface area contributed by atoms with Crippen LogP contribution >= 0.6 is 0 Å². The van der Waals surface area contributed by atoms with E-state index >= 15 is 0 Å². The molecule has 1 aliphatic carbocycles. The van der Waals surface area contributed by atoms with Crippen molar-refractivity contribution < 1.29 is 18.5 Å². The minimum Gasteiger partial charge on any atom is -0.458 e. The molecule has 1 aliphatic heterocycles.